The number of halogens is 4. The van der Waals surface area contributed by atoms with E-state index < -0.39 is 12.2 Å². The van der Waals surface area contributed by atoms with Gasteiger partial charge in [0.2, 0.25) is 0 Å². The van der Waals surface area contributed by atoms with Gasteiger partial charge in [-0.05, 0) is 35.4 Å². The highest BCUT2D eigenvalue weighted by Gasteiger charge is 2.10. The van der Waals surface area contributed by atoms with E-state index in [1.165, 1.54) is 30.5 Å². The van der Waals surface area contributed by atoms with Crippen molar-refractivity contribution in [2.45, 2.75) is 6.43 Å². The molecule has 0 spiro atoms. The number of rotatable bonds is 2. The van der Waals surface area contributed by atoms with Gasteiger partial charge in [-0.3, -0.25) is 4.98 Å². The summed E-state index contributed by atoms with van der Waals surface area (Å²) < 4.78 is 37.9. The van der Waals surface area contributed by atoms with Crippen LogP contribution in [0, 0.1) is 5.82 Å². The molecule has 0 saturated heterocycles. The third-order valence-electron chi connectivity index (χ3n) is 2.26. The largest absolute Gasteiger partial charge is 0.280 e. The molecule has 0 bridgehead atoms. The molecule has 2 rings (SSSR count). The monoisotopic (exact) mass is 257 g/mol. The van der Waals surface area contributed by atoms with Gasteiger partial charge in [-0.25, -0.2) is 13.2 Å². The number of benzene rings is 1. The first-order chi connectivity index (χ1) is 8.08. The second-order valence-corrected chi connectivity index (χ2v) is 3.81. The lowest BCUT2D eigenvalue weighted by Gasteiger charge is -2.05. The number of alkyl halides is 2. The molecule has 88 valence electrons. The summed E-state index contributed by atoms with van der Waals surface area (Å²) in [6, 6.07) is 6.89. The van der Waals surface area contributed by atoms with Gasteiger partial charge in [-0.2, -0.15) is 0 Å². The van der Waals surface area contributed by atoms with Gasteiger partial charge >= 0.3 is 0 Å². The minimum absolute atomic E-state index is 0.0436. The highest BCUT2D eigenvalue weighted by molar-refractivity contribution is 6.31. The Morgan fingerprint density at radius 2 is 1.76 bits per heavy atom. The zero-order valence-corrected chi connectivity index (χ0v) is 9.26. The van der Waals surface area contributed by atoms with Crippen LogP contribution in [0.15, 0.2) is 36.5 Å². The van der Waals surface area contributed by atoms with Crippen molar-refractivity contribution in [2.24, 2.45) is 0 Å². The van der Waals surface area contributed by atoms with Gasteiger partial charge in [0.25, 0.3) is 6.43 Å². The average Bonchev–Trinajstić information content (AvgIpc) is 2.33. The molecular formula is C12H7ClF3N. The smallest absolute Gasteiger partial charge is 0.255 e. The second kappa shape index (κ2) is 4.75. The molecule has 0 aliphatic carbocycles. The summed E-state index contributed by atoms with van der Waals surface area (Å²) >= 11 is 5.63. The Balaban J connectivity index is 2.45. The van der Waals surface area contributed by atoms with Gasteiger partial charge in [0, 0.05) is 6.20 Å². The lowest BCUT2D eigenvalue weighted by atomic mass is 10.1. The van der Waals surface area contributed by atoms with Crippen LogP contribution in [0.2, 0.25) is 5.02 Å². The fourth-order valence-electron chi connectivity index (χ4n) is 1.42. The quantitative estimate of drug-likeness (QED) is 0.773. The standard InChI is InChI=1S/C12H7ClF3N/c13-9-5-7(1-2-10(9)14)8-3-4-17-11(6-8)12(15)16/h1-6,12H. The van der Waals surface area contributed by atoms with Crippen molar-refractivity contribution in [3.05, 3.63) is 53.1 Å². The molecule has 1 heterocycles. The van der Waals surface area contributed by atoms with E-state index in [1.807, 2.05) is 0 Å². The number of aromatic nitrogens is 1. The molecule has 0 N–H and O–H groups in total. The molecule has 0 radical (unpaired) electrons. The Labute approximate surface area is 101 Å². The molecule has 0 aliphatic heterocycles. The van der Waals surface area contributed by atoms with E-state index in [2.05, 4.69) is 4.98 Å². The van der Waals surface area contributed by atoms with Crippen LogP contribution in [0.4, 0.5) is 13.2 Å². The Morgan fingerprint density at radius 1 is 1.06 bits per heavy atom. The zero-order chi connectivity index (χ0) is 12.4. The normalized spacial score (nSPS) is 10.9. The van der Waals surface area contributed by atoms with E-state index in [-0.39, 0.29) is 10.7 Å². The van der Waals surface area contributed by atoms with Gasteiger partial charge in [-0.1, -0.05) is 17.7 Å². The van der Waals surface area contributed by atoms with Gasteiger partial charge in [0.15, 0.2) is 0 Å². The Kier molecular flexibility index (Phi) is 3.33. The first kappa shape index (κ1) is 11.9. The lowest BCUT2D eigenvalue weighted by molar-refractivity contribution is 0.146. The molecule has 0 fully saturated rings. The predicted molar refractivity (Wildman–Crippen MR) is 59.6 cm³/mol. The highest BCUT2D eigenvalue weighted by atomic mass is 35.5. The van der Waals surface area contributed by atoms with Crippen molar-refractivity contribution in [3.63, 3.8) is 0 Å². The molecule has 2 aromatic rings. The maximum Gasteiger partial charge on any atom is 0.280 e. The van der Waals surface area contributed by atoms with Crippen molar-refractivity contribution in [2.75, 3.05) is 0 Å². The van der Waals surface area contributed by atoms with E-state index in [9.17, 15) is 13.2 Å². The average molecular weight is 258 g/mol. The maximum atomic E-state index is 13.0. The fraction of sp³-hybridized carbons (Fsp3) is 0.0833. The summed E-state index contributed by atoms with van der Waals surface area (Å²) in [5.41, 5.74) is 0.779. The summed E-state index contributed by atoms with van der Waals surface area (Å²) in [5, 5.41) is -0.0436. The van der Waals surface area contributed by atoms with E-state index in [4.69, 9.17) is 11.6 Å². The third-order valence-corrected chi connectivity index (χ3v) is 2.55. The van der Waals surface area contributed by atoms with Crippen LogP contribution in [0.3, 0.4) is 0 Å². The summed E-state index contributed by atoms with van der Waals surface area (Å²) in [7, 11) is 0. The van der Waals surface area contributed by atoms with E-state index >= 15 is 0 Å². The molecule has 0 amide bonds. The number of nitrogens with zero attached hydrogens (tertiary/aromatic N) is 1. The second-order valence-electron chi connectivity index (χ2n) is 3.40. The molecule has 0 saturated carbocycles. The third kappa shape index (κ3) is 2.58. The SMILES string of the molecule is Fc1ccc(-c2ccnc(C(F)F)c2)cc1Cl. The number of pyridine rings is 1. The minimum atomic E-state index is -2.63. The molecule has 0 unspecified atom stereocenters. The Hall–Kier alpha value is -1.55. The molecule has 1 aromatic heterocycles. The summed E-state index contributed by atoms with van der Waals surface area (Å²) in [4.78, 5) is 3.55. The molecule has 0 atom stereocenters. The van der Waals surface area contributed by atoms with Crippen LogP contribution in [0.25, 0.3) is 11.1 Å². The molecule has 1 nitrogen and oxygen atoms in total. The van der Waals surface area contributed by atoms with Gasteiger partial charge < -0.3 is 0 Å². The minimum Gasteiger partial charge on any atom is -0.255 e. The first-order valence-corrected chi connectivity index (χ1v) is 5.15. The predicted octanol–water partition coefficient (Wildman–Crippen LogP) is 4.48. The summed E-state index contributed by atoms with van der Waals surface area (Å²) in [5.74, 6) is -0.543. The first-order valence-electron chi connectivity index (χ1n) is 4.77. The Morgan fingerprint density at radius 3 is 2.41 bits per heavy atom. The molecular weight excluding hydrogens is 251 g/mol. The molecule has 1 aromatic carbocycles. The van der Waals surface area contributed by atoms with Crippen LogP contribution < -0.4 is 0 Å². The van der Waals surface area contributed by atoms with Crippen LogP contribution in [0.1, 0.15) is 12.1 Å². The summed E-state index contributed by atoms with van der Waals surface area (Å²) in [6.45, 7) is 0. The van der Waals surface area contributed by atoms with E-state index in [0.29, 0.717) is 11.1 Å². The van der Waals surface area contributed by atoms with Crippen LogP contribution in [0.5, 0.6) is 0 Å². The molecule has 0 aliphatic rings. The van der Waals surface area contributed by atoms with E-state index in [0.717, 1.165) is 0 Å². The van der Waals surface area contributed by atoms with Crippen LogP contribution >= 0.6 is 11.6 Å². The zero-order valence-electron chi connectivity index (χ0n) is 8.50. The number of hydrogen-bond acceptors (Lipinski definition) is 1. The molecule has 17 heavy (non-hydrogen) atoms. The summed E-state index contributed by atoms with van der Waals surface area (Å²) in [6.07, 6.45) is -1.35. The number of hydrogen-bond donors (Lipinski definition) is 0. The van der Waals surface area contributed by atoms with Crippen LogP contribution in [-0.4, -0.2) is 4.98 Å². The van der Waals surface area contributed by atoms with Crippen molar-refractivity contribution in [1.82, 2.24) is 4.98 Å². The van der Waals surface area contributed by atoms with Crippen molar-refractivity contribution < 1.29 is 13.2 Å². The van der Waals surface area contributed by atoms with E-state index in [1.54, 1.807) is 6.07 Å². The van der Waals surface area contributed by atoms with Crippen LogP contribution in [-0.2, 0) is 0 Å². The Bertz CT molecular complexity index is 543. The van der Waals surface area contributed by atoms with Gasteiger partial charge in [0.1, 0.15) is 11.5 Å². The van der Waals surface area contributed by atoms with Gasteiger partial charge in [-0.15, -0.1) is 0 Å². The lowest BCUT2D eigenvalue weighted by Crippen LogP contribution is -1.90. The topological polar surface area (TPSA) is 12.9 Å². The fourth-order valence-corrected chi connectivity index (χ4v) is 1.60. The van der Waals surface area contributed by atoms with Crippen molar-refractivity contribution in [1.29, 1.82) is 0 Å². The van der Waals surface area contributed by atoms with Crippen molar-refractivity contribution >= 4 is 11.6 Å². The molecule has 5 heteroatoms. The maximum absolute atomic E-state index is 13.0. The highest BCUT2D eigenvalue weighted by Crippen LogP contribution is 2.27. The van der Waals surface area contributed by atoms with Gasteiger partial charge in [0.05, 0.1) is 5.02 Å². The van der Waals surface area contributed by atoms with Crippen molar-refractivity contribution in [3.8, 4) is 11.1 Å².